The number of aromatic nitrogens is 1. The van der Waals surface area contributed by atoms with Crippen LogP contribution in [-0.2, 0) is 46.2 Å². The zero-order chi connectivity index (χ0) is 49.1. The third-order valence-electron chi connectivity index (χ3n) is 14.9. The van der Waals surface area contributed by atoms with Crippen LogP contribution in [0.3, 0.4) is 0 Å². The molecule has 1 aromatic heterocycles. The molecule has 0 radical (unpaired) electrons. The minimum atomic E-state index is -4.52. The summed E-state index contributed by atoms with van der Waals surface area (Å²) in [6.45, 7) is 4.86. The molecule has 384 valence electrons. The standard InChI is InChI=1S/C53H72F3N5O8S/c1-35-32-70-48(50(35)58-33-62)18-9-10-19-49(64)57-23-11-5-3-6-12-25-66-45-29-38(52(59-60-52)53(54,55)56)20-21-39(45)43(63)16-8-4-7-13-26-67-51-41-31-61-24-22-37-28-46-47(69-34-68-46)30-40(37)42(61)27-36(41)15-14-17-44(51)65-2/h14,17,20-21,27,30-31,33,35,37-38,48-50,57,59-60,64H,3-13,15-16,18-19,22-26,28-29,32,34H2,1-2H3/p+1. The number of Topliss-reactive ketones (excluding diaryl/α,β-unsaturated/α-hetero) is 1. The average Bonchev–Trinajstić information content (AvgIpc) is 4.00. The van der Waals surface area contributed by atoms with E-state index in [1.54, 1.807) is 7.11 Å². The Morgan fingerprint density at radius 2 is 1.81 bits per heavy atom. The van der Waals surface area contributed by atoms with Crippen LogP contribution in [0.15, 0.2) is 71.3 Å². The number of thioether (sulfide) groups is 1. The average molecular weight is 997 g/mol. The summed E-state index contributed by atoms with van der Waals surface area (Å²) in [6, 6.07) is 2.51. The molecule has 5 heterocycles. The van der Waals surface area contributed by atoms with Gasteiger partial charge in [-0.1, -0.05) is 63.7 Å². The molecule has 3 aliphatic carbocycles. The third-order valence-corrected chi connectivity index (χ3v) is 16.6. The van der Waals surface area contributed by atoms with E-state index in [4.69, 9.17) is 23.7 Å². The molecule has 1 amide bonds. The number of aryl methyl sites for hydroxylation is 1. The number of halogens is 3. The van der Waals surface area contributed by atoms with Crippen molar-refractivity contribution in [2.75, 3.05) is 39.4 Å². The number of nitrogens with zero attached hydrogens (tertiary/aromatic N) is 1. The van der Waals surface area contributed by atoms with Crippen molar-refractivity contribution in [3.05, 3.63) is 88.1 Å². The van der Waals surface area contributed by atoms with Crippen LogP contribution < -0.4 is 26.1 Å². The van der Waals surface area contributed by atoms with E-state index in [0.717, 1.165) is 138 Å². The molecule has 0 spiro atoms. The Bertz CT molecular complexity index is 2200. The van der Waals surface area contributed by atoms with Crippen LogP contribution >= 0.6 is 11.8 Å². The quantitative estimate of drug-likeness (QED) is 0.0179. The zero-order valence-corrected chi connectivity index (χ0v) is 41.7. The van der Waals surface area contributed by atoms with E-state index < -0.39 is 24.0 Å². The Labute approximate surface area is 415 Å². The molecule has 7 aliphatic rings. The number of alkyl halides is 3. The first-order valence-electron chi connectivity index (χ1n) is 25.8. The molecule has 4 aliphatic heterocycles. The highest BCUT2D eigenvalue weighted by Crippen LogP contribution is 2.46. The van der Waals surface area contributed by atoms with Gasteiger partial charge in [0, 0.05) is 60.5 Å². The van der Waals surface area contributed by atoms with Crippen molar-refractivity contribution in [1.29, 1.82) is 0 Å². The van der Waals surface area contributed by atoms with Gasteiger partial charge in [0.2, 0.25) is 18.9 Å². The number of methoxy groups -OCH3 is 1. The number of rotatable bonds is 28. The number of aliphatic hydroxyl groups is 1. The maximum Gasteiger partial charge on any atom is 0.422 e. The summed E-state index contributed by atoms with van der Waals surface area (Å²) in [5.74, 6) is 4.41. The van der Waals surface area contributed by atoms with Gasteiger partial charge in [-0.3, -0.25) is 14.9 Å². The first-order chi connectivity index (χ1) is 34.0. The van der Waals surface area contributed by atoms with Gasteiger partial charge in [0.1, 0.15) is 24.3 Å². The predicted molar refractivity (Wildman–Crippen MR) is 261 cm³/mol. The summed E-state index contributed by atoms with van der Waals surface area (Å²) in [5, 5.41) is 17.1. The fourth-order valence-electron chi connectivity index (χ4n) is 10.8. The lowest BCUT2D eigenvalue weighted by atomic mass is 9.82. The predicted octanol–water partition coefficient (Wildman–Crippen LogP) is 8.46. The van der Waals surface area contributed by atoms with Crippen LogP contribution in [-0.4, -0.2) is 86.1 Å². The molecule has 1 aromatic rings. The van der Waals surface area contributed by atoms with Gasteiger partial charge in [0.15, 0.2) is 34.9 Å². The number of hydrogen-bond donors (Lipinski definition) is 5. The Balaban J connectivity index is 0.748. The first-order valence-corrected chi connectivity index (χ1v) is 26.8. The molecule has 0 aromatic carbocycles. The number of unbranched alkanes of at least 4 members (excludes halogenated alkanes) is 8. The monoisotopic (exact) mass is 997 g/mol. The van der Waals surface area contributed by atoms with Crippen LogP contribution in [0.1, 0.15) is 133 Å². The minimum Gasteiger partial charge on any atom is -0.497 e. The smallest absolute Gasteiger partial charge is 0.422 e. The van der Waals surface area contributed by atoms with E-state index in [9.17, 15) is 27.9 Å². The molecule has 70 heavy (non-hydrogen) atoms. The van der Waals surface area contributed by atoms with E-state index in [1.807, 2.05) is 17.8 Å². The summed E-state index contributed by atoms with van der Waals surface area (Å²) in [7, 11) is 1.66. The van der Waals surface area contributed by atoms with Gasteiger partial charge in [-0.15, -0.1) is 0 Å². The number of hydrogen-bond acceptors (Lipinski definition) is 12. The number of aliphatic hydroxyl groups excluding tert-OH is 1. The number of nitrogens with one attached hydrogen (secondary N) is 4. The second-order valence-electron chi connectivity index (χ2n) is 19.8. The number of ketones is 1. The molecule has 8 rings (SSSR count). The lowest BCUT2D eigenvalue weighted by molar-refractivity contribution is -0.703. The lowest BCUT2D eigenvalue weighted by Crippen LogP contribution is -2.44. The number of fused-ring (bicyclic) bond motifs is 4. The molecular formula is C53H73F3N5O8S+. The molecule has 17 heteroatoms. The minimum absolute atomic E-state index is 0.0279. The van der Waals surface area contributed by atoms with E-state index in [0.29, 0.717) is 60.2 Å². The van der Waals surface area contributed by atoms with Crippen molar-refractivity contribution in [3.63, 3.8) is 0 Å². The Morgan fingerprint density at radius 3 is 2.60 bits per heavy atom. The Morgan fingerprint density at radius 1 is 1.03 bits per heavy atom. The van der Waals surface area contributed by atoms with Gasteiger partial charge in [0.05, 0.1) is 31.5 Å². The van der Waals surface area contributed by atoms with Gasteiger partial charge in [-0.05, 0) is 87.3 Å². The zero-order valence-electron chi connectivity index (χ0n) is 40.8. The summed E-state index contributed by atoms with van der Waals surface area (Å²) < 4.78 is 74.5. The highest BCUT2D eigenvalue weighted by atomic mass is 32.2. The summed E-state index contributed by atoms with van der Waals surface area (Å²) in [5.41, 5.74) is 7.45. The molecule has 6 unspecified atom stereocenters. The van der Waals surface area contributed by atoms with Crippen molar-refractivity contribution in [1.82, 2.24) is 21.5 Å². The van der Waals surface area contributed by atoms with Crippen LogP contribution in [0.25, 0.3) is 11.3 Å². The third kappa shape index (κ3) is 12.7. The first kappa shape index (κ1) is 52.0. The van der Waals surface area contributed by atoms with Crippen molar-refractivity contribution in [3.8, 4) is 0 Å². The highest BCUT2D eigenvalue weighted by Gasteiger charge is 2.68. The highest BCUT2D eigenvalue weighted by molar-refractivity contribution is 8.00. The Kier molecular flexibility index (Phi) is 18.2. The van der Waals surface area contributed by atoms with Crippen LogP contribution in [0.5, 0.6) is 0 Å². The normalized spacial score (nSPS) is 24.7. The van der Waals surface area contributed by atoms with Crippen LogP contribution in [0.2, 0.25) is 0 Å². The SMILES string of the molecule is COC1=C(OCCCCCCC(=O)C2=C(OCCCCCCCNC(O)CCCCC3SCC(C)C3NC=O)CC(C3(C(F)(F)F)NN3)C=C2)c2c[n+]3c(cc2CC=C1)C1=CC2=C(CC1CC3)OCO2. The van der Waals surface area contributed by atoms with E-state index in [-0.39, 0.29) is 31.5 Å². The van der Waals surface area contributed by atoms with Crippen molar-refractivity contribution >= 4 is 35.3 Å². The maximum atomic E-state index is 14.1. The van der Waals surface area contributed by atoms with E-state index in [2.05, 4.69) is 57.4 Å². The molecule has 2 fully saturated rings. The number of carbonyl (C=O) groups excluding carboxylic acids is 2. The number of hydrazine groups is 1. The molecule has 6 atom stereocenters. The van der Waals surface area contributed by atoms with Crippen LogP contribution in [0, 0.1) is 17.8 Å². The fraction of sp³-hybridized carbons (Fsp3) is 0.642. The van der Waals surface area contributed by atoms with Gasteiger partial charge < -0.3 is 34.1 Å². The summed E-state index contributed by atoms with van der Waals surface area (Å²) >= 11 is 1.93. The molecule has 5 N–H and O–H groups in total. The topological polar surface area (TPSA) is 172 Å². The van der Waals surface area contributed by atoms with Gasteiger partial charge in [-0.2, -0.15) is 29.5 Å². The van der Waals surface area contributed by atoms with E-state index >= 15 is 0 Å². The van der Waals surface area contributed by atoms with Gasteiger partial charge in [0.25, 0.3) is 0 Å². The number of ether oxygens (including phenoxy) is 5. The molecule has 2 saturated heterocycles. The van der Waals surface area contributed by atoms with Crippen LogP contribution in [0.4, 0.5) is 13.2 Å². The maximum absolute atomic E-state index is 14.1. The number of amides is 1. The number of carbonyl (C=O) groups is 2. The molecule has 0 bridgehead atoms. The molecular weight excluding hydrogens is 924 g/mol. The van der Waals surface area contributed by atoms with Crippen molar-refractivity contribution in [2.24, 2.45) is 17.8 Å². The molecule has 0 saturated carbocycles. The van der Waals surface area contributed by atoms with Crippen molar-refractivity contribution in [2.45, 2.75) is 158 Å². The summed E-state index contributed by atoms with van der Waals surface area (Å²) in [6.07, 6.45) is 21.2. The second-order valence-corrected chi connectivity index (χ2v) is 21.1. The lowest BCUT2D eigenvalue weighted by Gasteiger charge is -2.28. The fourth-order valence-corrected chi connectivity index (χ4v) is 12.4. The van der Waals surface area contributed by atoms with Gasteiger partial charge in [-0.25, -0.2) is 10.9 Å². The number of pyridine rings is 1. The van der Waals surface area contributed by atoms with Gasteiger partial charge >= 0.3 is 6.18 Å². The number of allylic oxidation sites excluding steroid dienone is 8. The summed E-state index contributed by atoms with van der Waals surface area (Å²) in [4.78, 5) is 24.6. The Hall–Kier alpha value is -4.29. The molecule has 13 nitrogen and oxygen atoms in total. The second kappa shape index (κ2) is 24.4. The van der Waals surface area contributed by atoms with Crippen molar-refractivity contribution < 1.29 is 56.1 Å². The largest absolute Gasteiger partial charge is 0.497 e. The van der Waals surface area contributed by atoms with E-state index in [1.165, 1.54) is 29.0 Å².